The molecule has 3 N–H and O–H groups in total. The molecular weight excluding hydrogens is 655 g/mol. The van der Waals surface area contributed by atoms with Crippen molar-refractivity contribution in [2.45, 2.75) is 133 Å². The van der Waals surface area contributed by atoms with Crippen molar-refractivity contribution in [3.05, 3.63) is 41.5 Å². The van der Waals surface area contributed by atoms with Crippen LogP contribution in [0.5, 0.6) is 5.75 Å². The number of unbranched alkanes of at least 4 members (excludes halogenated alkanes) is 5. The second-order valence-electron chi connectivity index (χ2n) is 14.5. The van der Waals surface area contributed by atoms with Crippen LogP contribution in [0, 0.1) is 29.1 Å². The zero-order chi connectivity index (χ0) is 35.9. The van der Waals surface area contributed by atoms with Crippen molar-refractivity contribution in [3.8, 4) is 5.75 Å². The van der Waals surface area contributed by atoms with Gasteiger partial charge in [0.2, 0.25) is 0 Å². The van der Waals surface area contributed by atoms with E-state index in [4.69, 9.17) is 0 Å². The number of carbonyl (C=O) groups is 1. The van der Waals surface area contributed by atoms with Crippen molar-refractivity contribution >= 4 is 5.97 Å². The van der Waals surface area contributed by atoms with Crippen LogP contribution in [-0.2, 0) is 11.2 Å². The minimum atomic E-state index is -6.99. The number of benzene rings is 1. The van der Waals surface area contributed by atoms with Crippen LogP contribution in [0.25, 0.3) is 0 Å². The Morgan fingerprint density at radius 1 is 0.958 bits per heavy atom. The summed E-state index contributed by atoms with van der Waals surface area (Å²) < 4.78 is 118. The highest BCUT2D eigenvalue weighted by Crippen LogP contribution is 2.64. The molecule has 0 spiro atoms. The maximum Gasteiger partial charge on any atom is 0.460 e. The molecule has 0 bridgehead atoms. The Kier molecular flexibility index (Phi) is 11.2. The molecule has 4 unspecified atom stereocenters. The number of hydrogen-bond donors (Lipinski definition) is 3. The molecule has 272 valence electrons. The monoisotopic (exact) mass is 700 g/mol. The quantitative estimate of drug-likeness (QED) is 0.0967. The number of carboxylic acids is 1. The molecule has 1 aromatic carbocycles. The lowest BCUT2D eigenvalue weighted by molar-refractivity contribution is -0.396. The number of carboxylic acid groups (broad SMARTS) is 1. The van der Waals surface area contributed by atoms with Gasteiger partial charge in [-0.1, -0.05) is 58.1 Å². The van der Waals surface area contributed by atoms with E-state index in [9.17, 15) is 59.6 Å². The average Bonchev–Trinajstić information content (AvgIpc) is 3.22. The first-order chi connectivity index (χ1) is 22.2. The standard InChI is InChI=1S/C35H45F9O4/c1-20-28(46)19-27-29-22(17-23-18-24(45)11-12-25(23)26(29)14-15-31(20,27)2)10-8-6-4-3-5-7-9-21(30(47)48)13-16-32(36,37)33(38,39)34(40,41)35(42,43)44/h11-12,18,21-22,26-29,45-46H,1,3-10,13-17,19H2,2H3,(H,47,48)/t21?,22-,26?,27?,28-,29?,31-/m1/s1. The van der Waals surface area contributed by atoms with E-state index in [0.717, 1.165) is 56.1 Å². The molecule has 1 aromatic rings. The van der Waals surface area contributed by atoms with E-state index in [1.165, 1.54) is 5.56 Å². The van der Waals surface area contributed by atoms with Crippen molar-refractivity contribution in [2.75, 3.05) is 0 Å². The summed E-state index contributed by atoms with van der Waals surface area (Å²) in [5.74, 6) is -21.1. The Labute approximate surface area is 274 Å². The third-order valence-corrected chi connectivity index (χ3v) is 11.6. The van der Waals surface area contributed by atoms with Gasteiger partial charge in [0, 0.05) is 6.42 Å². The lowest BCUT2D eigenvalue weighted by Gasteiger charge is -2.52. The van der Waals surface area contributed by atoms with Crippen molar-refractivity contribution < 1.29 is 59.6 Å². The molecule has 0 radical (unpaired) electrons. The van der Waals surface area contributed by atoms with Crippen molar-refractivity contribution in [2.24, 2.45) is 29.1 Å². The smallest absolute Gasteiger partial charge is 0.460 e. The first kappa shape index (κ1) is 38.4. The van der Waals surface area contributed by atoms with Gasteiger partial charge in [-0.3, -0.25) is 4.79 Å². The molecule has 0 saturated heterocycles. The van der Waals surface area contributed by atoms with E-state index >= 15 is 0 Å². The zero-order valence-corrected chi connectivity index (χ0v) is 27.0. The molecule has 0 aliphatic heterocycles. The number of phenolic OH excluding ortho intramolecular Hbond substituents is 1. The van der Waals surface area contributed by atoms with Crippen LogP contribution in [0.2, 0.25) is 0 Å². The number of aliphatic hydroxyl groups is 1. The second kappa shape index (κ2) is 14.1. The lowest BCUT2D eigenvalue weighted by atomic mass is 9.52. The highest BCUT2D eigenvalue weighted by atomic mass is 19.4. The Bertz CT molecular complexity index is 1310. The fraction of sp³-hybridized carbons (Fsp3) is 0.743. The fourth-order valence-electron chi connectivity index (χ4n) is 8.80. The molecule has 48 heavy (non-hydrogen) atoms. The van der Waals surface area contributed by atoms with Gasteiger partial charge in [0.15, 0.2) is 0 Å². The van der Waals surface area contributed by atoms with Gasteiger partial charge >= 0.3 is 29.9 Å². The van der Waals surface area contributed by atoms with Crippen molar-refractivity contribution in [1.82, 2.24) is 0 Å². The number of alkyl halides is 9. The molecule has 2 saturated carbocycles. The van der Waals surface area contributed by atoms with Gasteiger partial charge in [-0.05, 0) is 103 Å². The topological polar surface area (TPSA) is 77.8 Å². The summed E-state index contributed by atoms with van der Waals surface area (Å²) in [7, 11) is 0. The minimum absolute atomic E-state index is 0.119. The van der Waals surface area contributed by atoms with Gasteiger partial charge < -0.3 is 15.3 Å². The van der Waals surface area contributed by atoms with Crippen LogP contribution in [-0.4, -0.2) is 51.3 Å². The molecule has 0 amide bonds. The molecule has 7 atom stereocenters. The van der Waals surface area contributed by atoms with Gasteiger partial charge in [0.05, 0.1) is 12.0 Å². The van der Waals surface area contributed by atoms with Crippen molar-refractivity contribution in [1.29, 1.82) is 0 Å². The highest BCUT2D eigenvalue weighted by molar-refractivity contribution is 5.69. The highest BCUT2D eigenvalue weighted by Gasteiger charge is 2.81. The van der Waals surface area contributed by atoms with Gasteiger partial charge in [0.25, 0.3) is 0 Å². The number of aliphatic hydroxyl groups excluding tert-OH is 1. The third-order valence-electron chi connectivity index (χ3n) is 11.6. The van der Waals surface area contributed by atoms with Crippen LogP contribution in [0.3, 0.4) is 0 Å². The summed E-state index contributed by atoms with van der Waals surface area (Å²) in [6.07, 6.45) is -2.56. The summed E-state index contributed by atoms with van der Waals surface area (Å²) in [6, 6.07) is 5.62. The third kappa shape index (κ3) is 7.22. The average molecular weight is 701 g/mol. The van der Waals surface area contributed by atoms with Crippen LogP contribution >= 0.6 is 0 Å². The van der Waals surface area contributed by atoms with Crippen LogP contribution < -0.4 is 0 Å². The minimum Gasteiger partial charge on any atom is -0.508 e. The predicted octanol–water partition coefficient (Wildman–Crippen LogP) is 10.1. The number of aliphatic carboxylic acids is 1. The van der Waals surface area contributed by atoms with Crippen molar-refractivity contribution in [3.63, 3.8) is 0 Å². The maximum absolute atomic E-state index is 13.9. The summed E-state index contributed by atoms with van der Waals surface area (Å²) in [6.45, 7) is 6.47. The van der Waals surface area contributed by atoms with E-state index < -0.39 is 54.8 Å². The van der Waals surface area contributed by atoms with Gasteiger partial charge in [-0.2, -0.15) is 39.5 Å². The summed E-state index contributed by atoms with van der Waals surface area (Å²) in [4.78, 5) is 11.5. The molecule has 3 aliphatic carbocycles. The normalized spacial score (nSPS) is 28.5. The van der Waals surface area contributed by atoms with Gasteiger partial charge in [-0.15, -0.1) is 0 Å². The zero-order valence-electron chi connectivity index (χ0n) is 27.0. The predicted molar refractivity (Wildman–Crippen MR) is 160 cm³/mol. The van der Waals surface area contributed by atoms with E-state index in [-0.39, 0.29) is 24.0 Å². The SMILES string of the molecule is C=C1[C@H](O)CC2C3C(CC[C@]12C)c1ccc(O)cc1C[C@H]3CCCCCCCCC(CCC(F)(F)C(F)(F)C(F)(F)C(F)(F)F)C(=O)O. The van der Waals surface area contributed by atoms with Gasteiger partial charge in [-0.25, -0.2) is 0 Å². The molecule has 2 fully saturated rings. The second-order valence-corrected chi connectivity index (χ2v) is 14.5. The molecular formula is C35H45F9O4. The summed E-state index contributed by atoms with van der Waals surface area (Å²) in [5.41, 5.74) is 3.23. The number of halogens is 9. The van der Waals surface area contributed by atoms with E-state index in [1.807, 2.05) is 12.1 Å². The molecule has 3 aliphatic rings. The lowest BCUT2D eigenvalue weighted by Crippen LogP contribution is -2.60. The van der Waals surface area contributed by atoms with E-state index in [0.29, 0.717) is 42.9 Å². The Morgan fingerprint density at radius 2 is 1.58 bits per heavy atom. The Balaban J connectivity index is 1.25. The first-order valence-electron chi connectivity index (χ1n) is 16.8. The Morgan fingerprint density at radius 3 is 2.21 bits per heavy atom. The summed E-state index contributed by atoms with van der Waals surface area (Å²) >= 11 is 0. The number of hydrogen-bond acceptors (Lipinski definition) is 3. The van der Waals surface area contributed by atoms with Gasteiger partial charge in [0.1, 0.15) is 5.75 Å². The van der Waals surface area contributed by atoms with Crippen LogP contribution in [0.15, 0.2) is 30.4 Å². The summed E-state index contributed by atoms with van der Waals surface area (Å²) in [5, 5.41) is 30.2. The van der Waals surface area contributed by atoms with Crippen LogP contribution in [0.4, 0.5) is 39.5 Å². The molecule has 4 nitrogen and oxygen atoms in total. The van der Waals surface area contributed by atoms with E-state index in [1.54, 1.807) is 6.07 Å². The van der Waals surface area contributed by atoms with Crippen LogP contribution in [0.1, 0.15) is 107 Å². The number of rotatable bonds is 15. The molecule has 0 aromatic heterocycles. The largest absolute Gasteiger partial charge is 0.508 e. The Hall–Kier alpha value is -2.44. The number of phenols is 1. The molecule has 13 heteroatoms. The molecule has 4 rings (SSSR count). The number of aromatic hydroxyl groups is 1. The molecule has 0 heterocycles. The maximum atomic E-state index is 13.9. The first-order valence-corrected chi connectivity index (χ1v) is 16.8. The fourth-order valence-corrected chi connectivity index (χ4v) is 8.80. The van der Waals surface area contributed by atoms with E-state index in [2.05, 4.69) is 13.5 Å². The number of fused-ring (bicyclic) bond motifs is 5.